The Balaban J connectivity index is 2.15. The summed E-state index contributed by atoms with van der Waals surface area (Å²) in [7, 11) is 1.60. The molecule has 1 aromatic carbocycles. The summed E-state index contributed by atoms with van der Waals surface area (Å²) in [6.45, 7) is 0.166. The number of hydrogen-bond donors (Lipinski definition) is 3. The standard InChI is InChI=1S/C12H18N2O2/c1-16-11-7-9(3-4-10(11)13)14-12(8-15)5-2-6-12/h3-4,7,14-15H,2,5-6,8,13H2,1H3. The summed E-state index contributed by atoms with van der Waals surface area (Å²) in [4.78, 5) is 0. The van der Waals surface area contributed by atoms with Crippen molar-refractivity contribution in [3.8, 4) is 5.75 Å². The molecule has 88 valence electrons. The average molecular weight is 222 g/mol. The van der Waals surface area contributed by atoms with Gasteiger partial charge in [0.2, 0.25) is 0 Å². The molecule has 1 aliphatic carbocycles. The number of methoxy groups -OCH3 is 1. The number of nitrogen functional groups attached to an aromatic ring is 1. The number of benzene rings is 1. The van der Waals surface area contributed by atoms with E-state index in [2.05, 4.69) is 5.32 Å². The maximum Gasteiger partial charge on any atom is 0.143 e. The molecular weight excluding hydrogens is 204 g/mol. The van der Waals surface area contributed by atoms with Crippen LogP contribution in [0.25, 0.3) is 0 Å². The molecule has 1 saturated carbocycles. The van der Waals surface area contributed by atoms with Gasteiger partial charge in [0.05, 0.1) is 24.9 Å². The van der Waals surface area contributed by atoms with Crippen molar-refractivity contribution in [2.75, 3.05) is 24.8 Å². The highest BCUT2D eigenvalue weighted by Crippen LogP contribution is 2.36. The van der Waals surface area contributed by atoms with Crippen LogP contribution in [0.15, 0.2) is 18.2 Å². The van der Waals surface area contributed by atoms with Crippen molar-refractivity contribution in [2.45, 2.75) is 24.8 Å². The number of rotatable bonds is 4. The average Bonchev–Trinajstić information content (AvgIpc) is 2.25. The van der Waals surface area contributed by atoms with Gasteiger partial charge in [-0.05, 0) is 31.4 Å². The van der Waals surface area contributed by atoms with Crippen molar-refractivity contribution in [1.82, 2.24) is 0 Å². The Kier molecular flexibility index (Phi) is 2.92. The summed E-state index contributed by atoms with van der Waals surface area (Å²) in [6, 6.07) is 5.59. The van der Waals surface area contributed by atoms with Crippen molar-refractivity contribution in [3.63, 3.8) is 0 Å². The first-order valence-corrected chi connectivity index (χ1v) is 5.52. The summed E-state index contributed by atoms with van der Waals surface area (Å²) < 4.78 is 5.16. The summed E-state index contributed by atoms with van der Waals surface area (Å²) in [5.74, 6) is 0.664. The Labute approximate surface area is 95.4 Å². The lowest BCUT2D eigenvalue weighted by Gasteiger charge is -2.41. The van der Waals surface area contributed by atoms with Gasteiger partial charge >= 0.3 is 0 Å². The molecule has 4 heteroatoms. The van der Waals surface area contributed by atoms with E-state index in [0.29, 0.717) is 11.4 Å². The third-order valence-electron chi connectivity index (χ3n) is 3.26. The van der Waals surface area contributed by atoms with E-state index in [1.165, 1.54) is 6.42 Å². The van der Waals surface area contributed by atoms with E-state index in [9.17, 15) is 5.11 Å². The first-order chi connectivity index (χ1) is 7.69. The quantitative estimate of drug-likeness (QED) is 0.677. The van der Waals surface area contributed by atoms with Crippen LogP contribution in [-0.2, 0) is 0 Å². The third-order valence-corrected chi connectivity index (χ3v) is 3.26. The molecule has 0 unspecified atom stereocenters. The van der Waals surface area contributed by atoms with Crippen molar-refractivity contribution in [3.05, 3.63) is 18.2 Å². The second-order valence-corrected chi connectivity index (χ2v) is 4.37. The molecule has 0 aromatic heterocycles. The Bertz CT molecular complexity index is 370. The minimum atomic E-state index is -0.138. The molecule has 0 saturated heterocycles. The van der Waals surface area contributed by atoms with Crippen LogP contribution in [0, 0.1) is 0 Å². The fourth-order valence-corrected chi connectivity index (χ4v) is 2.02. The van der Waals surface area contributed by atoms with E-state index in [-0.39, 0.29) is 12.1 Å². The van der Waals surface area contributed by atoms with Crippen molar-refractivity contribution in [2.24, 2.45) is 0 Å². The van der Waals surface area contributed by atoms with E-state index in [1.54, 1.807) is 7.11 Å². The van der Waals surface area contributed by atoms with Crippen LogP contribution in [0.2, 0.25) is 0 Å². The second-order valence-electron chi connectivity index (χ2n) is 4.37. The minimum Gasteiger partial charge on any atom is -0.495 e. The first kappa shape index (κ1) is 11.1. The molecule has 0 atom stereocenters. The van der Waals surface area contributed by atoms with Gasteiger partial charge < -0.3 is 20.9 Å². The van der Waals surface area contributed by atoms with Gasteiger partial charge in [0.1, 0.15) is 5.75 Å². The van der Waals surface area contributed by atoms with E-state index < -0.39 is 0 Å². The maximum absolute atomic E-state index is 9.36. The largest absolute Gasteiger partial charge is 0.495 e. The minimum absolute atomic E-state index is 0.138. The van der Waals surface area contributed by atoms with Crippen LogP contribution in [0.5, 0.6) is 5.75 Å². The van der Waals surface area contributed by atoms with Crippen molar-refractivity contribution in [1.29, 1.82) is 0 Å². The summed E-state index contributed by atoms with van der Waals surface area (Å²) in [5.41, 5.74) is 7.17. The first-order valence-electron chi connectivity index (χ1n) is 5.52. The highest BCUT2D eigenvalue weighted by Gasteiger charge is 2.36. The summed E-state index contributed by atoms with van der Waals surface area (Å²) in [5, 5.41) is 12.7. The molecule has 0 spiro atoms. The van der Waals surface area contributed by atoms with E-state index in [4.69, 9.17) is 10.5 Å². The Morgan fingerprint density at radius 2 is 2.25 bits per heavy atom. The third kappa shape index (κ3) is 1.93. The maximum atomic E-state index is 9.36. The van der Waals surface area contributed by atoms with Gasteiger partial charge in [0, 0.05) is 11.8 Å². The van der Waals surface area contributed by atoms with Crippen LogP contribution in [-0.4, -0.2) is 24.4 Å². The Hall–Kier alpha value is -1.42. The van der Waals surface area contributed by atoms with Gasteiger partial charge in [0.25, 0.3) is 0 Å². The molecule has 1 aromatic rings. The zero-order valence-electron chi connectivity index (χ0n) is 9.49. The van der Waals surface area contributed by atoms with Gasteiger partial charge in [-0.1, -0.05) is 0 Å². The predicted molar refractivity (Wildman–Crippen MR) is 64.7 cm³/mol. The number of aliphatic hydroxyl groups excluding tert-OH is 1. The molecule has 0 amide bonds. The van der Waals surface area contributed by atoms with Crippen molar-refractivity contribution < 1.29 is 9.84 Å². The van der Waals surface area contributed by atoms with Crippen LogP contribution >= 0.6 is 0 Å². The molecule has 0 bridgehead atoms. The molecule has 0 heterocycles. The topological polar surface area (TPSA) is 67.5 Å². The van der Waals surface area contributed by atoms with Gasteiger partial charge in [0.15, 0.2) is 0 Å². The Morgan fingerprint density at radius 1 is 1.50 bits per heavy atom. The van der Waals surface area contributed by atoms with E-state index >= 15 is 0 Å². The van der Waals surface area contributed by atoms with Crippen LogP contribution in [0.4, 0.5) is 11.4 Å². The normalized spacial score (nSPS) is 17.6. The monoisotopic (exact) mass is 222 g/mol. The smallest absolute Gasteiger partial charge is 0.143 e. The number of anilines is 2. The van der Waals surface area contributed by atoms with Crippen LogP contribution < -0.4 is 15.8 Å². The summed E-state index contributed by atoms with van der Waals surface area (Å²) in [6.07, 6.45) is 3.19. The Morgan fingerprint density at radius 3 is 2.75 bits per heavy atom. The fraction of sp³-hybridized carbons (Fsp3) is 0.500. The fourth-order valence-electron chi connectivity index (χ4n) is 2.02. The zero-order chi connectivity index (χ0) is 11.6. The van der Waals surface area contributed by atoms with Crippen molar-refractivity contribution >= 4 is 11.4 Å². The molecule has 1 fully saturated rings. The molecule has 2 rings (SSSR count). The van der Waals surface area contributed by atoms with Gasteiger partial charge in [-0.25, -0.2) is 0 Å². The van der Waals surface area contributed by atoms with Gasteiger partial charge in [-0.3, -0.25) is 0 Å². The van der Waals surface area contributed by atoms with E-state index in [1.807, 2.05) is 18.2 Å². The molecule has 0 radical (unpaired) electrons. The number of nitrogens with two attached hydrogens (primary N) is 1. The predicted octanol–water partition coefficient (Wildman–Crippen LogP) is 1.60. The highest BCUT2D eigenvalue weighted by atomic mass is 16.5. The highest BCUT2D eigenvalue weighted by molar-refractivity contribution is 5.62. The molecule has 4 N–H and O–H groups in total. The number of ether oxygens (including phenoxy) is 1. The molecule has 0 aliphatic heterocycles. The molecule has 4 nitrogen and oxygen atoms in total. The number of hydrogen-bond acceptors (Lipinski definition) is 4. The van der Waals surface area contributed by atoms with Crippen LogP contribution in [0.3, 0.4) is 0 Å². The summed E-state index contributed by atoms with van der Waals surface area (Å²) >= 11 is 0. The molecule has 1 aliphatic rings. The lowest BCUT2D eigenvalue weighted by Crippen LogP contribution is -2.48. The van der Waals surface area contributed by atoms with Crippen LogP contribution in [0.1, 0.15) is 19.3 Å². The molecule has 16 heavy (non-hydrogen) atoms. The zero-order valence-corrected chi connectivity index (χ0v) is 9.49. The number of nitrogens with one attached hydrogen (secondary N) is 1. The van der Waals surface area contributed by atoms with E-state index in [0.717, 1.165) is 18.5 Å². The lowest BCUT2D eigenvalue weighted by molar-refractivity contribution is 0.144. The SMILES string of the molecule is COc1cc(NC2(CO)CCC2)ccc1N. The number of aliphatic hydroxyl groups is 1. The van der Waals surface area contributed by atoms with Gasteiger partial charge in [-0.2, -0.15) is 0 Å². The lowest BCUT2D eigenvalue weighted by atomic mass is 9.77. The molecular formula is C12H18N2O2. The second kappa shape index (κ2) is 4.22. The van der Waals surface area contributed by atoms with Gasteiger partial charge in [-0.15, -0.1) is 0 Å².